The van der Waals surface area contributed by atoms with Crippen LogP contribution in [0.2, 0.25) is 0 Å². The summed E-state index contributed by atoms with van der Waals surface area (Å²) in [6, 6.07) is 5.55. The van der Waals surface area contributed by atoms with E-state index in [0.717, 1.165) is 17.7 Å². The van der Waals surface area contributed by atoms with E-state index in [2.05, 4.69) is 17.6 Å². The zero-order valence-electron chi connectivity index (χ0n) is 16.2. The highest BCUT2D eigenvalue weighted by Gasteiger charge is 2.24. The van der Waals surface area contributed by atoms with Crippen LogP contribution in [0.1, 0.15) is 52.0 Å². The summed E-state index contributed by atoms with van der Waals surface area (Å²) in [5.74, 6) is 0.596. The Labute approximate surface area is 163 Å². The van der Waals surface area contributed by atoms with Crippen LogP contribution in [0.5, 0.6) is 0 Å². The monoisotopic (exact) mass is 397 g/mol. The number of nitrogens with one attached hydrogen (secondary N) is 2. The zero-order chi connectivity index (χ0) is 19.3. The van der Waals surface area contributed by atoms with E-state index in [1.165, 1.54) is 23.6 Å². The molecule has 0 amide bonds. The molecule has 0 aromatic heterocycles. The van der Waals surface area contributed by atoms with Crippen molar-refractivity contribution in [3.8, 4) is 0 Å². The third-order valence-electron chi connectivity index (χ3n) is 5.23. The smallest absolute Gasteiger partial charge is 0.243 e. The molecule has 0 heterocycles. The average molecular weight is 398 g/mol. The van der Waals surface area contributed by atoms with Gasteiger partial charge >= 0.3 is 0 Å². The molecule has 1 aromatic rings. The fourth-order valence-electron chi connectivity index (χ4n) is 3.47. The van der Waals surface area contributed by atoms with Gasteiger partial charge in [-0.15, -0.1) is 0 Å². The molecular weight excluding hydrogens is 366 g/mol. The Morgan fingerprint density at radius 3 is 2.50 bits per heavy atom. The summed E-state index contributed by atoms with van der Waals surface area (Å²) < 4.78 is 27.0. The first-order valence-electron chi connectivity index (χ1n) is 9.47. The fourth-order valence-corrected chi connectivity index (χ4v) is 5.21. The highest BCUT2D eigenvalue weighted by molar-refractivity contribution is 7.89. The van der Waals surface area contributed by atoms with Crippen molar-refractivity contribution in [2.45, 2.75) is 64.3 Å². The standard InChI is InChI=1S/C19H31N3O2S2/c1-5-22(6-2)26(23,24)16-12-11-15(4)18(13-16)21-19(25)20-17-10-8-7-9-14(17)3/h11-14,17H,5-10H2,1-4H3,(H2,20,21,25)/t14-,17+/m1/s1. The van der Waals surface area contributed by atoms with Crippen molar-refractivity contribution in [2.24, 2.45) is 5.92 Å². The number of sulfonamides is 1. The van der Waals surface area contributed by atoms with Gasteiger partial charge in [0.05, 0.1) is 4.90 Å². The average Bonchev–Trinajstić information content (AvgIpc) is 2.59. The number of hydrogen-bond acceptors (Lipinski definition) is 3. The molecule has 7 heteroatoms. The first kappa shape index (κ1) is 21.1. The largest absolute Gasteiger partial charge is 0.359 e. The SMILES string of the molecule is CCN(CC)S(=O)(=O)c1ccc(C)c(NC(=S)N[C@H]2CCCC[C@H]2C)c1. The predicted octanol–water partition coefficient (Wildman–Crippen LogP) is 3.89. The third-order valence-corrected chi connectivity index (χ3v) is 7.49. The van der Waals surface area contributed by atoms with Crippen LogP contribution in [0.4, 0.5) is 5.69 Å². The molecule has 0 bridgehead atoms. The van der Waals surface area contributed by atoms with Crippen LogP contribution in [0, 0.1) is 12.8 Å². The third kappa shape index (κ3) is 4.96. The molecule has 1 saturated carbocycles. The molecule has 5 nitrogen and oxygen atoms in total. The number of anilines is 1. The van der Waals surface area contributed by atoms with E-state index in [4.69, 9.17) is 12.2 Å². The summed E-state index contributed by atoms with van der Waals surface area (Å²) >= 11 is 5.48. The lowest BCUT2D eigenvalue weighted by molar-refractivity contribution is 0.309. The quantitative estimate of drug-likeness (QED) is 0.713. The van der Waals surface area contributed by atoms with Gasteiger partial charge in [-0.3, -0.25) is 0 Å². The minimum atomic E-state index is -3.48. The second-order valence-corrected chi connectivity index (χ2v) is 9.38. The minimum absolute atomic E-state index is 0.295. The van der Waals surface area contributed by atoms with E-state index < -0.39 is 10.0 Å². The molecule has 0 aliphatic heterocycles. The molecule has 2 N–H and O–H groups in total. The van der Waals surface area contributed by atoms with Gasteiger partial charge in [0.15, 0.2) is 5.11 Å². The molecule has 0 spiro atoms. The van der Waals surface area contributed by atoms with Crippen molar-refractivity contribution >= 4 is 33.0 Å². The fraction of sp³-hybridized carbons (Fsp3) is 0.632. The molecule has 26 heavy (non-hydrogen) atoms. The van der Waals surface area contributed by atoms with Gasteiger partial charge in [0.25, 0.3) is 0 Å². The van der Waals surface area contributed by atoms with Crippen molar-refractivity contribution < 1.29 is 8.42 Å². The predicted molar refractivity (Wildman–Crippen MR) is 112 cm³/mol. The number of thiocarbonyl (C=S) groups is 1. The molecule has 0 unspecified atom stereocenters. The second-order valence-electron chi connectivity index (χ2n) is 7.03. The van der Waals surface area contributed by atoms with E-state index in [0.29, 0.717) is 35.1 Å². The van der Waals surface area contributed by atoms with E-state index in [9.17, 15) is 8.42 Å². The number of benzene rings is 1. The van der Waals surface area contributed by atoms with Crippen LogP contribution < -0.4 is 10.6 Å². The number of nitrogens with zero attached hydrogens (tertiary/aromatic N) is 1. The molecule has 1 aliphatic rings. The van der Waals surface area contributed by atoms with Crippen molar-refractivity contribution in [2.75, 3.05) is 18.4 Å². The molecule has 0 saturated heterocycles. The maximum Gasteiger partial charge on any atom is 0.243 e. The summed E-state index contributed by atoms with van der Waals surface area (Å²) in [5.41, 5.74) is 1.70. The van der Waals surface area contributed by atoms with Crippen LogP contribution in [-0.2, 0) is 10.0 Å². The number of hydrogen-bond donors (Lipinski definition) is 2. The molecular formula is C19H31N3O2S2. The van der Waals surface area contributed by atoms with Gasteiger partial charge in [0, 0.05) is 24.8 Å². The van der Waals surface area contributed by atoms with Gasteiger partial charge in [-0.05, 0) is 55.6 Å². The van der Waals surface area contributed by atoms with Crippen LogP contribution in [0.15, 0.2) is 23.1 Å². The molecule has 2 atom stereocenters. The molecule has 1 aromatic carbocycles. The first-order valence-corrected chi connectivity index (χ1v) is 11.3. The van der Waals surface area contributed by atoms with E-state index in [1.807, 2.05) is 26.8 Å². The van der Waals surface area contributed by atoms with Crippen LogP contribution in [0.3, 0.4) is 0 Å². The van der Waals surface area contributed by atoms with Gasteiger partial charge in [-0.2, -0.15) is 4.31 Å². The molecule has 0 radical (unpaired) electrons. The highest BCUT2D eigenvalue weighted by Crippen LogP contribution is 2.25. The van der Waals surface area contributed by atoms with Crippen molar-refractivity contribution in [3.63, 3.8) is 0 Å². The van der Waals surface area contributed by atoms with E-state index >= 15 is 0 Å². The Bertz CT molecular complexity index is 730. The number of rotatable bonds is 6. The summed E-state index contributed by atoms with van der Waals surface area (Å²) in [6.07, 6.45) is 4.85. The Morgan fingerprint density at radius 1 is 1.23 bits per heavy atom. The maximum atomic E-state index is 12.8. The summed E-state index contributed by atoms with van der Waals surface area (Å²) in [6.45, 7) is 8.80. The van der Waals surface area contributed by atoms with Crippen molar-refractivity contribution in [1.29, 1.82) is 0 Å². The van der Waals surface area contributed by atoms with Crippen molar-refractivity contribution in [3.05, 3.63) is 23.8 Å². The zero-order valence-corrected chi connectivity index (χ0v) is 17.8. The summed E-state index contributed by atoms with van der Waals surface area (Å²) in [7, 11) is -3.48. The lowest BCUT2D eigenvalue weighted by atomic mass is 9.86. The second kappa shape index (κ2) is 9.15. The normalized spacial score (nSPS) is 20.8. The molecule has 146 valence electrons. The van der Waals surface area contributed by atoms with Gasteiger partial charge in [0.1, 0.15) is 0 Å². The minimum Gasteiger partial charge on any atom is -0.359 e. The summed E-state index contributed by atoms with van der Waals surface area (Å²) in [4.78, 5) is 0.295. The van der Waals surface area contributed by atoms with Gasteiger partial charge in [-0.25, -0.2) is 8.42 Å². The van der Waals surface area contributed by atoms with Crippen molar-refractivity contribution in [1.82, 2.24) is 9.62 Å². The first-order chi connectivity index (χ1) is 12.3. The van der Waals surface area contributed by atoms with E-state index in [1.54, 1.807) is 12.1 Å². The number of aryl methyl sites for hydroxylation is 1. The Balaban J connectivity index is 2.15. The highest BCUT2D eigenvalue weighted by atomic mass is 32.2. The van der Waals surface area contributed by atoms with Gasteiger partial charge in [0.2, 0.25) is 10.0 Å². The Hall–Kier alpha value is -1.18. The van der Waals surface area contributed by atoms with Gasteiger partial charge < -0.3 is 10.6 Å². The summed E-state index contributed by atoms with van der Waals surface area (Å²) in [5, 5.41) is 7.17. The van der Waals surface area contributed by atoms with Gasteiger partial charge in [-0.1, -0.05) is 39.7 Å². The van der Waals surface area contributed by atoms with E-state index in [-0.39, 0.29) is 0 Å². The molecule has 2 rings (SSSR count). The van der Waals surface area contributed by atoms with Crippen LogP contribution in [0.25, 0.3) is 0 Å². The lowest BCUT2D eigenvalue weighted by Gasteiger charge is -2.30. The van der Waals surface area contributed by atoms with Crippen LogP contribution in [-0.4, -0.2) is 37.0 Å². The Morgan fingerprint density at radius 2 is 1.88 bits per heavy atom. The molecule has 1 fully saturated rings. The topological polar surface area (TPSA) is 61.4 Å². The van der Waals surface area contributed by atoms with Crippen LogP contribution >= 0.6 is 12.2 Å². The molecule has 1 aliphatic carbocycles. The maximum absolute atomic E-state index is 12.8. The Kier molecular flexibility index (Phi) is 7.43. The lowest BCUT2D eigenvalue weighted by Crippen LogP contribution is -2.43.